The van der Waals surface area contributed by atoms with Crippen molar-refractivity contribution in [3.8, 4) is 5.75 Å². The van der Waals surface area contributed by atoms with Crippen LogP contribution in [0.25, 0.3) is 0 Å². The van der Waals surface area contributed by atoms with E-state index < -0.39 is 0 Å². The summed E-state index contributed by atoms with van der Waals surface area (Å²) in [6.45, 7) is 0. The van der Waals surface area contributed by atoms with Crippen molar-refractivity contribution in [3.05, 3.63) is 23.2 Å². The second kappa shape index (κ2) is 11.2. The number of methoxy groups -OCH3 is 1. The number of halogens is 1. The van der Waals surface area contributed by atoms with Crippen molar-refractivity contribution in [2.75, 3.05) is 29.7 Å². The minimum absolute atomic E-state index is 0.121. The van der Waals surface area contributed by atoms with Crippen LogP contribution < -0.4 is 26.0 Å². The van der Waals surface area contributed by atoms with Crippen molar-refractivity contribution in [2.24, 2.45) is 5.73 Å². The molecule has 2 fully saturated rings. The number of hydrogen-bond acceptors (Lipinski definition) is 8. The van der Waals surface area contributed by atoms with Gasteiger partial charge in [0, 0.05) is 30.9 Å². The fourth-order valence-electron chi connectivity index (χ4n) is 4.89. The summed E-state index contributed by atoms with van der Waals surface area (Å²) in [5, 5.41) is 7.40. The molecule has 2 saturated carbocycles. The number of benzene rings is 1. The number of likely N-dealkylation sites (N-methyl/N-ethyl adjacent to an activating group) is 1. The molecule has 8 nitrogen and oxygen atoms in total. The molecule has 9 heteroatoms. The Morgan fingerprint density at radius 3 is 2.36 bits per heavy atom. The van der Waals surface area contributed by atoms with E-state index >= 15 is 0 Å². The summed E-state index contributed by atoms with van der Waals surface area (Å²) in [7, 11) is 3.64. The van der Waals surface area contributed by atoms with Crippen LogP contribution in [0.15, 0.2) is 18.2 Å². The molecule has 2 atom stereocenters. The molecule has 4 N–H and O–H groups in total. The summed E-state index contributed by atoms with van der Waals surface area (Å²) in [5.74, 6) is 2.34. The van der Waals surface area contributed by atoms with Gasteiger partial charge in [-0.05, 0) is 43.9 Å². The molecule has 1 aromatic heterocycles. The number of ether oxygens (including phenoxy) is 1. The van der Waals surface area contributed by atoms with Crippen molar-refractivity contribution in [2.45, 2.75) is 82.3 Å². The Bertz CT molecular complexity index is 920. The maximum absolute atomic E-state index is 6.46. The lowest BCUT2D eigenvalue weighted by Gasteiger charge is -2.36. The van der Waals surface area contributed by atoms with Crippen molar-refractivity contribution in [3.63, 3.8) is 0 Å². The molecule has 180 valence electrons. The smallest absolute Gasteiger partial charge is 0.233 e. The molecule has 2 unspecified atom stereocenters. The molecular formula is C24H36ClN7O. The van der Waals surface area contributed by atoms with Gasteiger partial charge in [0.05, 0.1) is 12.1 Å². The average Bonchev–Trinajstić information content (AvgIpc) is 3.07. The number of nitrogens with zero attached hydrogens (tertiary/aromatic N) is 4. The highest BCUT2D eigenvalue weighted by atomic mass is 35.5. The molecule has 2 aliphatic rings. The zero-order chi connectivity index (χ0) is 23.2. The molecule has 0 aliphatic heterocycles. The van der Waals surface area contributed by atoms with E-state index in [1.165, 1.54) is 38.5 Å². The van der Waals surface area contributed by atoms with E-state index in [1.807, 2.05) is 25.2 Å². The summed E-state index contributed by atoms with van der Waals surface area (Å²) < 4.78 is 5.26. The van der Waals surface area contributed by atoms with E-state index in [4.69, 9.17) is 37.0 Å². The van der Waals surface area contributed by atoms with Gasteiger partial charge in [-0.15, -0.1) is 0 Å². The number of aromatic nitrogens is 3. The van der Waals surface area contributed by atoms with Crippen LogP contribution in [0.4, 0.5) is 23.5 Å². The van der Waals surface area contributed by atoms with Crippen LogP contribution in [0.2, 0.25) is 5.02 Å². The molecule has 0 bridgehead atoms. The quantitative estimate of drug-likeness (QED) is 0.476. The molecule has 0 radical (unpaired) electrons. The first-order valence-electron chi connectivity index (χ1n) is 12.1. The predicted molar refractivity (Wildman–Crippen MR) is 135 cm³/mol. The van der Waals surface area contributed by atoms with E-state index in [0.717, 1.165) is 31.4 Å². The monoisotopic (exact) mass is 473 g/mol. The predicted octanol–water partition coefficient (Wildman–Crippen LogP) is 5.12. The Labute approximate surface area is 201 Å². The summed E-state index contributed by atoms with van der Waals surface area (Å²) in [4.78, 5) is 16.4. The van der Waals surface area contributed by atoms with E-state index in [2.05, 4.69) is 15.5 Å². The molecule has 0 amide bonds. The maximum atomic E-state index is 6.46. The molecule has 1 aromatic carbocycles. The van der Waals surface area contributed by atoms with Crippen LogP contribution >= 0.6 is 11.6 Å². The lowest BCUT2D eigenvalue weighted by molar-refractivity contribution is 0.371. The maximum Gasteiger partial charge on any atom is 0.233 e. The van der Waals surface area contributed by atoms with E-state index in [1.54, 1.807) is 7.11 Å². The van der Waals surface area contributed by atoms with Crippen LogP contribution in [-0.4, -0.2) is 47.2 Å². The number of rotatable bonds is 7. The van der Waals surface area contributed by atoms with Gasteiger partial charge in [-0.3, -0.25) is 0 Å². The summed E-state index contributed by atoms with van der Waals surface area (Å²) in [6.07, 6.45) is 11.8. The van der Waals surface area contributed by atoms with Crippen molar-refractivity contribution in [1.82, 2.24) is 15.0 Å². The van der Waals surface area contributed by atoms with Gasteiger partial charge < -0.3 is 26.0 Å². The first-order chi connectivity index (χ1) is 16.0. The molecule has 2 aromatic rings. The van der Waals surface area contributed by atoms with Crippen molar-refractivity contribution >= 4 is 35.1 Å². The van der Waals surface area contributed by atoms with Crippen LogP contribution in [0, 0.1) is 0 Å². The van der Waals surface area contributed by atoms with Crippen molar-refractivity contribution in [1.29, 1.82) is 0 Å². The average molecular weight is 474 g/mol. The minimum Gasteiger partial charge on any atom is -0.495 e. The van der Waals surface area contributed by atoms with Gasteiger partial charge in [0.25, 0.3) is 0 Å². The van der Waals surface area contributed by atoms with E-state index in [0.29, 0.717) is 34.7 Å². The first-order valence-corrected chi connectivity index (χ1v) is 12.5. The van der Waals surface area contributed by atoms with Gasteiger partial charge in [-0.25, -0.2) is 0 Å². The molecule has 4 rings (SSSR count). The Balaban J connectivity index is 1.61. The molecule has 0 saturated heterocycles. The highest BCUT2D eigenvalue weighted by Gasteiger charge is 2.28. The minimum atomic E-state index is 0.121. The van der Waals surface area contributed by atoms with Gasteiger partial charge in [0.2, 0.25) is 17.8 Å². The normalized spacial score (nSPS) is 21.8. The summed E-state index contributed by atoms with van der Waals surface area (Å²) >= 11 is 6.32. The van der Waals surface area contributed by atoms with E-state index in [9.17, 15) is 0 Å². The molecular weight excluding hydrogens is 438 g/mol. The van der Waals surface area contributed by atoms with Gasteiger partial charge in [-0.1, -0.05) is 50.1 Å². The molecule has 1 heterocycles. The van der Waals surface area contributed by atoms with Crippen LogP contribution in [-0.2, 0) is 0 Å². The zero-order valence-corrected chi connectivity index (χ0v) is 20.4. The Morgan fingerprint density at radius 1 is 0.970 bits per heavy atom. The van der Waals surface area contributed by atoms with Gasteiger partial charge >= 0.3 is 0 Å². The highest BCUT2D eigenvalue weighted by molar-refractivity contribution is 6.32. The fraction of sp³-hybridized carbons (Fsp3) is 0.625. The number of anilines is 4. The standard InChI is InChI=1S/C24H36ClN7O/c1-32(20-12-8-7-11-19(20)26)24-30-22(27-16-9-5-3-4-6-10-16)29-23(31-24)28-17-13-14-21(33-2)18(25)15-17/h13-16,19-20H,3-12,26H2,1-2H3,(H2,27,28,29,30,31). The fourth-order valence-corrected chi connectivity index (χ4v) is 5.15. The topological polar surface area (TPSA) is 101 Å². The van der Waals surface area contributed by atoms with Gasteiger partial charge in [0.1, 0.15) is 5.75 Å². The van der Waals surface area contributed by atoms with Gasteiger partial charge in [0.15, 0.2) is 0 Å². The van der Waals surface area contributed by atoms with Crippen LogP contribution in [0.3, 0.4) is 0 Å². The molecule has 33 heavy (non-hydrogen) atoms. The largest absolute Gasteiger partial charge is 0.495 e. The summed E-state index contributed by atoms with van der Waals surface area (Å²) in [6, 6.07) is 6.25. The van der Waals surface area contributed by atoms with E-state index in [-0.39, 0.29) is 12.1 Å². The van der Waals surface area contributed by atoms with Crippen molar-refractivity contribution < 1.29 is 4.74 Å². The Morgan fingerprint density at radius 2 is 1.67 bits per heavy atom. The third-order valence-corrected chi connectivity index (χ3v) is 7.11. The SMILES string of the molecule is COc1ccc(Nc2nc(NC3CCCCCC3)nc(N(C)C3CCCCC3N)n2)cc1Cl. The number of nitrogens with two attached hydrogens (primary N) is 1. The first kappa shape index (κ1) is 23.8. The third kappa shape index (κ3) is 6.18. The highest BCUT2D eigenvalue weighted by Crippen LogP contribution is 2.30. The molecule has 0 spiro atoms. The molecule has 2 aliphatic carbocycles. The zero-order valence-electron chi connectivity index (χ0n) is 19.7. The summed E-state index contributed by atoms with van der Waals surface area (Å²) in [5.41, 5.74) is 7.24. The lowest BCUT2D eigenvalue weighted by atomic mass is 9.90. The lowest BCUT2D eigenvalue weighted by Crippen LogP contribution is -2.48. The Kier molecular flexibility index (Phi) is 8.09. The second-order valence-corrected chi connectivity index (χ2v) is 9.62. The number of hydrogen-bond donors (Lipinski definition) is 3. The van der Waals surface area contributed by atoms with Gasteiger partial charge in [-0.2, -0.15) is 15.0 Å². The van der Waals surface area contributed by atoms with Crippen LogP contribution in [0.5, 0.6) is 5.75 Å². The Hall–Kier alpha value is -2.32. The second-order valence-electron chi connectivity index (χ2n) is 9.22. The van der Waals surface area contributed by atoms with Crippen LogP contribution in [0.1, 0.15) is 64.2 Å². The number of nitrogens with one attached hydrogen (secondary N) is 2. The third-order valence-electron chi connectivity index (χ3n) is 6.81.